The Hall–Kier alpha value is -1.92. The van der Waals surface area contributed by atoms with E-state index < -0.39 is 0 Å². The number of nitrogens with zero attached hydrogens (tertiary/aromatic N) is 2. The van der Waals surface area contributed by atoms with Gasteiger partial charge in [0.1, 0.15) is 0 Å². The topological polar surface area (TPSA) is 94.0 Å². The van der Waals surface area contributed by atoms with Gasteiger partial charge in [-0.05, 0) is 18.2 Å². The van der Waals surface area contributed by atoms with E-state index in [1.165, 1.54) is 0 Å². The minimum Gasteiger partial charge on any atom is -0.420 e. The first-order valence-corrected chi connectivity index (χ1v) is 6.06. The van der Waals surface area contributed by atoms with Crippen LogP contribution in [-0.2, 0) is 4.79 Å². The maximum atomic E-state index is 11.2. The first kappa shape index (κ1) is 13.5. The monoisotopic (exact) mass is 280 g/mol. The van der Waals surface area contributed by atoms with Gasteiger partial charge in [-0.1, -0.05) is 24.6 Å². The standard InChI is InChI=1S/C12H13ClN4O2/c1-7(5-10(18)15-14)11-16-17-12(19-11)8-3-2-4-9(13)6-8/h2-4,6-7H,5,14H2,1H3,(H,15,18). The van der Waals surface area contributed by atoms with Crippen molar-refractivity contribution in [2.24, 2.45) is 5.84 Å². The molecule has 2 rings (SSSR count). The molecule has 0 aliphatic carbocycles. The molecule has 1 unspecified atom stereocenters. The molecule has 0 aliphatic heterocycles. The van der Waals surface area contributed by atoms with Crippen LogP contribution in [0.2, 0.25) is 5.02 Å². The van der Waals surface area contributed by atoms with Gasteiger partial charge in [0.15, 0.2) is 0 Å². The molecule has 1 atom stereocenters. The first-order valence-electron chi connectivity index (χ1n) is 5.69. The van der Waals surface area contributed by atoms with Crippen LogP contribution in [0.4, 0.5) is 0 Å². The molecule has 0 radical (unpaired) electrons. The van der Waals surface area contributed by atoms with Gasteiger partial charge in [0.05, 0.1) is 0 Å². The zero-order valence-corrected chi connectivity index (χ0v) is 11.0. The molecular weight excluding hydrogens is 268 g/mol. The maximum absolute atomic E-state index is 11.2. The molecule has 1 heterocycles. The van der Waals surface area contributed by atoms with Crippen LogP contribution < -0.4 is 11.3 Å². The van der Waals surface area contributed by atoms with Crippen LogP contribution in [0.25, 0.3) is 11.5 Å². The number of halogens is 1. The van der Waals surface area contributed by atoms with Gasteiger partial charge in [0.25, 0.3) is 0 Å². The fraction of sp³-hybridized carbons (Fsp3) is 0.250. The largest absolute Gasteiger partial charge is 0.420 e. The Labute approximate surface area is 114 Å². The number of benzene rings is 1. The fourth-order valence-corrected chi connectivity index (χ4v) is 1.79. The van der Waals surface area contributed by atoms with Crippen LogP contribution in [0.15, 0.2) is 28.7 Å². The molecule has 2 aromatic rings. The molecule has 1 aromatic heterocycles. The number of hydrogen-bond acceptors (Lipinski definition) is 5. The van der Waals surface area contributed by atoms with E-state index in [4.69, 9.17) is 21.9 Å². The van der Waals surface area contributed by atoms with E-state index in [1.807, 2.05) is 13.0 Å². The number of rotatable bonds is 4. The lowest BCUT2D eigenvalue weighted by Gasteiger charge is -2.04. The summed E-state index contributed by atoms with van der Waals surface area (Å²) < 4.78 is 5.53. The number of amides is 1. The van der Waals surface area contributed by atoms with Gasteiger partial charge in [-0.25, -0.2) is 5.84 Å². The van der Waals surface area contributed by atoms with Crippen LogP contribution >= 0.6 is 11.6 Å². The summed E-state index contributed by atoms with van der Waals surface area (Å²) in [6, 6.07) is 7.11. The first-order chi connectivity index (χ1) is 9.10. The average molecular weight is 281 g/mol. The Balaban J connectivity index is 2.17. The second-order valence-corrected chi connectivity index (χ2v) is 4.56. The summed E-state index contributed by atoms with van der Waals surface area (Å²) in [4.78, 5) is 11.2. The van der Waals surface area contributed by atoms with E-state index >= 15 is 0 Å². The molecule has 7 heteroatoms. The van der Waals surface area contributed by atoms with Crippen molar-refractivity contribution in [2.75, 3.05) is 0 Å². The lowest BCUT2D eigenvalue weighted by Crippen LogP contribution is -2.30. The summed E-state index contributed by atoms with van der Waals surface area (Å²) >= 11 is 5.90. The second-order valence-electron chi connectivity index (χ2n) is 4.13. The molecule has 19 heavy (non-hydrogen) atoms. The highest BCUT2D eigenvalue weighted by Gasteiger charge is 2.17. The van der Waals surface area contributed by atoms with Crippen LogP contribution in [0, 0.1) is 0 Å². The highest BCUT2D eigenvalue weighted by Crippen LogP contribution is 2.24. The smallest absolute Gasteiger partial charge is 0.247 e. The summed E-state index contributed by atoms with van der Waals surface area (Å²) in [6.07, 6.45) is 0.188. The van der Waals surface area contributed by atoms with Gasteiger partial charge in [0.2, 0.25) is 17.7 Å². The van der Waals surface area contributed by atoms with Gasteiger partial charge < -0.3 is 4.42 Å². The normalized spacial score (nSPS) is 12.2. The molecule has 1 amide bonds. The van der Waals surface area contributed by atoms with Crippen molar-refractivity contribution in [3.63, 3.8) is 0 Å². The number of nitrogens with two attached hydrogens (primary N) is 1. The number of nitrogens with one attached hydrogen (secondary N) is 1. The number of aromatic nitrogens is 2. The van der Waals surface area contributed by atoms with E-state index in [2.05, 4.69) is 15.6 Å². The number of carbonyl (C=O) groups is 1. The third kappa shape index (κ3) is 3.30. The Morgan fingerprint density at radius 2 is 2.32 bits per heavy atom. The SMILES string of the molecule is CC(CC(=O)NN)c1nnc(-c2cccc(Cl)c2)o1. The number of hydrogen-bond donors (Lipinski definition) is 2. The highest BCUT2D eigenvalue weighted by molar-refractivity contribution is 6.30. The van der Waals surface area contributed by atoms with Crippen LogP contribution in [0.5, 0.6) is 0 Å². The molecule has 0 saturated carbocycles. The van der Waals surface area contributed by atoms with Gasteiger partial charge >= 0.3 is 0 Å². The Bertz CT molecular complexity index is 585. The molecule has 100 valence electrons. The summed E-state index contributed by atoms with van der Waals surface area (Å²) in [5.74, 6) is 5.30. The molecule has 0 bridgehead atoms. The van der Waals surface area contributed by atoms with E-state index in [1.54, 1.807) is 18.2 Å². The third-order valence-electron chi connectivity index (χ3n) is 2.59. The van der Waals surface area contributed by atoms with E-state index in [-0.39, 0.29) is 18.2 Å². The quantitative estimate of drug-likeness (QED) is 0.506. The number of hydrazine groups is 1. The molecule has 3 N–H and O–H groups in total. The molecule has 0 saturated heterocycles. The van der Waals surface area contributed by atoms with Crippen LogP contribution in [0.3, 0.4) is 0 Å². The van der Waals surface area contributed by atoms with Crippen molar-refractivity contribution >= 4 is 17.5 Å². The minimum absolute atomic E-state index is 0.188. The molecule has 1 aromatic carbocycles. The second kappa shape index (κ2) is 5.81. The third-order valence-corrected chi connectivity index (χ3v) is 2.82. The predicted octanol–water partition coefficient (Wildman–Crippen LogP) is 1.87. The van der Waals surface area contributed by atoms with Crippen molar-refractivity contribution in [3.05, 3.63) is 35.2 Å². The van der Waals surface area contributed by atoms with E-state index in [9.17, 15) is 4.79 Å². The average Bonchev–Trinajstić information content (AvgIpc) is 2.88. The Morgan fingerprint density at radius 1 is 1.53 bits per heavy atom. The summed E-state index contributed by atoms with van der Waals surface area (Å²) in [5.41, 5.74) is 2.80. The summed E-state index contributed by atoms with van der Waals surface area (Å²) in [5, 5.41) is 8.46. The van der Waals surface area contributed by atoms with Crippen molar-refractivity contribution in [2.45, 2.75) is 19.3 Å². The zero-order chi connectivity index (χ0) is 13.8. The minimum atomic E-state index is -0.282. The molecule has 0 spiro atoms. The molecule has 0 aliphatic rings. The predicted molar refractivity (Wildman–Crippen MR) is 70.1 cm³/mol. The van der Waals surface area contributed by atoms with Crippen LogP contribution in [-0.4, -0.2) is 16.1 Å². The van der Waals surface area contributed by atoms with E-state index in [0.717, 1.165) is 5.56 Å². The van der Waals surface area contributed by atoms with E-state index in [0.29, 0.717) is 16.8 Å². The van der Waals surface area contributed by atoms with Crippen LogP contribution in [0.1, 0.15) is 25.2 Å². The Kier molecular flexibility index (Phi) is 4.13. The molecule has 0 fully saturated rings. The van der Waals surface area contributed by atoms with Gasteiger partial charge in [-0.3, -0.25) is 10.2 Å². The zero-order valence-electron chi connectivity index (χ0n) is 10.3. The lowest BCUT2D eigenvalue weighted by atomic mass is 10.1. The van der Waals surface area contributed by atoms with Crippen molar-refractivity contribution < 1.29 is 9.21 Å². The summed E-state index contributed by atoms with van der Waals surface area (Å²) in [6.45, 7) is 1.81. The Morgan fingerprint density at radius 3 is 3.00 bits per heavy atom. The molecular formula is C12H13ClN4O2. The maximum Gasteiger partial charge on any atom is 0.247 e. The lowest BCUT2D eigenvalue weighted by molar-refractivity contribution is -0.121. The van der Waals surface area contributed by atoms with Crippen molar-refractivity contribution in [1.29, 1.82) is 0 Å². The summed E-state index contributed by atoms with van der Waals surface area (Å²) in [7, 11) is 0. The number of carbonyl (C=O) groups excluding carboxylic acids is 1. The van der Waals surface area contributed by atoms with Gasteiger partial charge in [-0.2, -0.15) is 0 Å². The van der Waals surface area contributed by atoms with Gasteiger partial charge in [-0.15, -0.1) is 10.2 Å². The molecule has 6 nitrogen and oxygen atoms in total. The van der Waals surface area contributed by atoms with Crippen molar-refractivity contribution in [1.82, 2.24) is 15.6 Å². The van der Waals surface area contributed by atoms with Gasteiger partial charge in [0, 0.05) is 22.9 Å². The fourth-order valence-electron chi connectivity index (χ4n) is 1.60. The van der Waals surface area contributed by atoms with Crippen molar-refractivity contribution in [3.8, 4) is 11.5 Å². The highest BCUT2D eigenvalue weighted by atomic mass is 35.5.